The molecule has 0 aromatic carbocycles. The molecule has 1 aliphatic carbocycles. The van der Waals surface area contributed by atoms with E-state index in [2.05, 4.69) is 10.6 Å². The van der Waals surface area contributed by atoms with Crippen LogP contribution in [0.25, 0.3) is 0 Å². The summed E-state index contributed by atoms with van der Waals surface area (Å²) in [5, 5.41) is 15.2. The van der Waals surface area contributed by atoms with Gasteiger partial charge in [-0.25, -0.2) is 0 Å². The maximum Gasteiger partial charge on any atom is 0.224 e. The van der Waals surface area contributed by atoms with Crippen molar-refractivity contribution < 1.29 is 9.90 Å². The van der Waals surface area contributed by atoms with E-state index in [-0.39, 0.29) is 17.9 Å². The van der Waals surface area contributed by atoms with Crippen LogP contribution in [0, 0.1) is 11.8 Å². The third-order valence-electron chi connectivity index (χ3n) is 2.92. The highest BCUT2D eigenvalue weighted by molar-refractivity contribution is 5.78. The SMILES string of the molecule is CCNCC(C)C(=O)NCC1CC(O)C1. The van der Waals surface area contributed by atoms with Crippen LogP contribution >= 0.6 is 0 Å². The molecule has 1 atom stereocenters. The van der Waals surface area contributed by atoms with Gasteiger partial charge in [-0.3, -0.25) is 4.79 Å². The lowest BCUT2D eigenvalue weighted by atomic mass is 9.82. The van der Waals surface area contributed by atoms with Gasteiger partial charge in [-0.1, -0.05) is 13.8 Å². The summed E-state index contributed by atoms with van der Waals surface area (Å²) in [6.07, 6.45) is 1.54. The predicted molar refractivity (Wildman–Crippen MR) is 59.4 cm³/mol. The second-order valence-electron chi connectivity index (χ2n) is 4.45. The molecule has 1 fully saturated rings. The van der Waals surface area contributed by atoms with Gasteiger partial charge < -0.3 is 15.7 Å². The van der Waals surface area contributed by atoms with Crippen molar-refractivity contribution in [3.63, 3.8) is 0 Å². The number of hydrogen-bond acceptors (Lipinski definition) is 3. The molecule has 0 aromatic rings. The molecule has 3 N–H and O–H groups in total. The van der Waals surface area contributed by atoms with Crippen LogP contribution in [0.15, 0.2) is 0 Å². The molecule has 1 amide bonds. The first-order valence-corrected chi connectivity index (χ1v) is 5.80. The third kappa shape index (κ3) is 4.18. The van der Waals surface area contributed by atoms with Crippen molar-refractivity contribution >= 4 is 5.91 Å². The number of carbonyl (C=O) groups excluding carboxylic acids is 1. The number of carbonyl (C=O) groups is 1. The molecule has 1 saturated carbocycles. The van der Waals surface area contributed by atoms with E-state index >= 15 is 0 Å². The molecule has 0 bridgehead atoms. The summed E-state index contributed by atoms with van der Waals surface area (Å²) in [5.41, 5.74) is 0. The predicted octanol–water partition coefficient (Wildman–Crippen LogP) is 0.119. The fourth-order valence-corrected chi connectivity index (χ4v) is 1.74. The molecule has 0 spiro atoms. The maximum atomic E-state index is 11.6. The van der Waals surface area contributed by atoms with Crippen molar-refractivity contribution in [1.29, 1.82) is 0 Å². The van der Waals surface area contributed by atoms with Crippen molar-refractivity contribution in [3.8, 4) is 0 Å². The number of aliphatic hydroxyl groups is 1. The van der Waals surface area contributed by atoms with Gasteiger partial charge in [0.15, 0.2) is 0 Å². The summed E-state index contributed by atoms with van der Waals surface area (Å²) < 4.78 is 0. The van der Waals surface area contributed by atoms with E-state index < -0.39 is 0 Å². The van der Waals surface area contributed by atoms with Crippen LogP contribution in [0.1, 0.15) is 26.7 Å². The van der Waals surface area contributed by atoms with Crippen LogP contribution < -0.4 is 10.6 Å². The van der Waals surface area contributed by atoms with Crippen LogP contribution in [0.5, 0.6) is 0 Å². The fourth-order valence-electron chi connectivity index (χ4n) is 1.74. The smallest absolute Gasteiger partial charge is 0.224 e. The Labute approximate surface area is 91.4 Å². The molecular formula is C11H22N2O2. The molecule has 1 rings (SSSR count). The monoisotopic (exact) mass is 214 g/mol. The molecule has 1 aliphatic rings. The molecule has 4 heteroatoms. The van der Waals surface area contributed by atoms with E-state index in [4.69, 9.17) is 5.11 Å². The largest absolute Gasteiger partial charge is 0.393 e. The summed E-state index contributed by atoms with van der Waals surface area (Å²) in [6, 6.07) is 0. The van der Waals surface area contributed by atoms with Gasteiger partial charge in [-0.05, 0) is 25.3 Å². The Balaban J connectivity index is 2.07. The number of nitrogens with one attached hydrogen (secondary N) is 2. The summed E-state index contributed by atoms with van der Waals surface area (Å²) in [5.74, 6) is 0.613. The molecular weight excluding hydrogens is 192 g/mol. The second-order valence-corrected chi connectivity index (χ2v) is 4.45. The normalized spacial score (nSPS) is 26.9. The quantitative estimate of drug-likeness (QED) is 0.588. The Morgan fingerprint density at radius 3 is 2.73 bits per heavy atom. The Kier molecular flexibility index (Phi) is 5.05. The highest BCUT2D eigenvalue weighted by Crippen LogP contribution is 2.26. The molecule has 0 aromatic heterocycles. The first-order chi connectivity index (χ1) is 7.13. The van der Waals surface area contributed by atoms with Gasteiger partial charge in [0.2, 0.25) is 5.91 Å². The number of hydrogen-bond donors (Lipinski definition) is 3. The maximum absolute atomic E-state index is 11.6. The number of aliphatic hydroxyl groups excluding tert-OH is 1. The topological polar surface area (TPSA) is 61.4 Å². The van der Waals surface area contributed by atoms with E-state index in [0.29, 0.717) is 12.5 Å². The zero-order valence-electron chi connectivity index (χ0n) is 9.62. The highest BCUT2D eigenvalue weighted by atomic mass is 16.3. The van der Waals surface area contributed by atoms with Crippen LogP contribution in [0.4, 0.5) is 0 Å². The van der Waals surface area contributed by atoms with Crippen molar-refractivity contribution in [2.45, 2.75) is 32.8 Å². The lowest BCUT2D eigenvalue weighted by Gasteiger charge is -2.31. The molecule has 0 saturated heterocycles. The van der Waals surface area contributed by atoms with E-state index in [1.165, 1.54) is 0 Å². The molecule has 0 radical (unpaired) electrons. The fraction of sp³-hybridized carbons (Fsp3) is 0.909. The average Bonchev–Trinajstić information content (AvgIpc) is 2.18. The molecule has 0 heterocycles. The Morgan fingerprint density at radius 2 is 2.20 bits per heavy atom. The van der Waals surface area contributed by atoms with E-state index in [1.807, 2.05) is 13.8 Å². The van der Waals surface area contributed by atoms with Gasteiger partial charge in [0.1, 0.15) is 0 Å². The minimum absolute atomic E-state index is 0.0231. The molecule has 15 heavy (non-hydrogen) atoms. The van der Waals surface area contributed by atoms with E-state index in [9.17, 15) is 4.79 Å². The lowest BCUT2D eigenvalue weighted by Crippen LogP contribution is -2.41. The van der Waals surface area contributed by atoms with Crippen molar-refractivity contribution in [1.82, 2.24) is 10.6 Å². The van der Waals surface area contributed by atoms with Gasteiger partial charge in [-0.15, -0.1) is 0 Å². The van der Waals surface area contributed by atoms with Crippen molar-refractivity contribution in [2.75, 3.05) is 19.6 Å². The highest BCUT2D eigenvalue weighted by Gasteiger charge is 2.27. The Hall–Kier alpha value is -0.610. The van der Waals surface area contributed by atoms with Gasteiger partial charge >= 0.3 is 0 Å². The minimum atomic E-state index is -0.133. The zero-order chi connectivity index (χ0) is 11.3. The average molecular weight is 214 g/mol. The van der Waals surface area contributed by atoms with Crippen LogP contribution in [0.2, 0.25) is 0 Å². The minimum Gasteiger partial charge on any atom is -0.393 e. The summed E-state index contributed by atoms with van der Waals surface area (Å²) in [4.78, 5) is 11.6. The first kappa shape index (κ1) is 12.5. The van der Waals surface area contributed by atoms with Crippen LogP contribution in [-0.2, 0) is 4.79 Å². The van der Waals surface area contributed by atoms with E-state index in [1.54, 1.807) is 0 Å². The number of amides is 1. The van der Waals surface area contributed by atoms with Gasteiger partial charge in [0.25, 0.3) is 0 Å². The van der Waals surface area contributed by atoms with Crippen molar-refractivity contribution in [2.24, 2.45) is 11.8 Å². The summed E-state index contributed by atoms with van der Waals surface area (Å²) in [6.45, 7) is 6.29. The standard InChI is InChI=1S/C11H22N2O2/c1-3-12-6-8(2)11(15)13-7-9-4-10(14)5-9/h8-10,12,14H,3-7H2,1-2H3,(H,13,15). The third-order valence-corrected chi connectivity index (χ3v) is 2.92. The summed E-state index contributed by atoms with van der Waals surface area (Å²) in [7, 11) is 0. The zero-order valence-corrected chi connectivity index (χ0v) is 9.62. The van der Waals surface area contributed by atoms with Crippen LogP contribution in [0.3, 0.4) is 0 Å². The van der Waals surface area contributed by atoms with Gasteiger partial charge in [0, 0.05) is 19.0 Å². The van der Waals surface area contributed by atoms with Gasteiger partial charge in [-0.2, -0.15) is 0 Å². The van der Waals surface area contributed by atoms with Gasteiger partial charge in [0.05, 0.1) is 6.10 Å². The molecule has 88 valence electrons. The number of rotatable bonds is 6. The molecule has 0 aliphatic heterocycles. The second kappa shape index (κ2) is 6.08. The summed E-state index contributed by atoms with van der Waals surface area (Å²) >= 11 is 0. The first-order valence-electron chi connectivity index (χ1n) is 5.80. The Bertz CT molecular complexity index is 203. The van der Waals surface area contributed by atoms with E-state index in [0.717, 1.165) is 25.9 Å². The molecule has 1 unspecified atom stereocenters. The van der Waals surface area contributed by atoms with Crippen molar-refractivity contribution in [3.05, 3.63) is 0 Å². The lowest BCUT2D eigenvalue weighted by molar-refractivity contribution is -0.125. The Morgan fingerprint density at radius 1 is 1.53 bits per heavy atom. The molecule has 4 nitrogen and oxygen atoms in total. The van der Waals surface area contributed by atoms with Crippen LogP contribution in [-0.4, -0.2) is 36.8 Å².